The van der Waals surface area contributed by atoms with Crippen LogP contribution in [0.1, 0.15) is 69.4 Å². The van der Waals surface area contributed by atoms with Gasteiger partial charge in [0, 0.05) is 22.9 Å². The highest BCUT2D eigenvalue weighted by Gasteiger charge is 2.26. The number of ether oxygens (including phenoxy) is 1. The van der Waals surface area contributed by atoms with Crippen LogP contribution in [-0.2, 0) is 10.8 Å². The van der Waals surface area contributed by atoms with Crippen molar-refractivity contribution >= 4 is 11.0 Å². The Balaban J connectivity index is 1.34. The van der Waals surface area contributed by atoms with Crippen molar-refractivity contribution in [2.45, 2.75) is 73.1 Å². The molecule has 0 amide bonds. The molecule has 0 aliphatic heterocycles. The lowest BCUT2D eigenvalue weighted by Gasteiger charge is -2.24. The Bertz CT molecular complexity index is 3160. The molecule has 0 atom stereocenters. The van der Waals surface area contributed by atoms with Crippen LogP contribution >= 0.6 is 0 Å². The first-order valence-electron chi connectivity index (χ1n) is 22.3. The van der Waals surface area contributed by atoms with Crippen LogP contribution in [0.2, 0.25) is 0 Å². The van der Waals surface area contributed by atoms with Gasteiger partial charge in [-0.05, 0) is 136 Å². The van der Waals surface area contributed by atoms with Crippen molar-refractivity contribution in [1.82, 2.24) is 14.5 Å². The van der Waals surface area contributed by atoms with Crippen LogP contribution in [0.15, 0.2) is 164 Å². The van der Waals surface area contributed by atoms with E-state index in [9.17, 15) is 0 Å². The predicted octanol–water partition coefficient (Wildman–Crippen LogP) is 16.0. The minimum Gasteiger partial charge on any atom is -0.496 e. The molecule has 0 bridgehead atoms. The number of nitrogens with zero attached hydrogens (tertiary/aromatic N) is 3. The molecule has 0 saturated heterocycles. The number of aromatic nitrogens is 3. The number of benzene rings is 7. The zero-order valence-electron chi connectivity index (χ0n) is 38.8. The smallest absolute Gasteiger partial charge is 0.149 e. The minimum atomic E-state index is -0.0955. The maximum Gasteiger partial charge on any atom is 0.149 e. The van der Waals surface area contributed by atoms with Crippen LogP contribution in [0.3, 0.4) is 0 Å². The number of hydrogen-bond donors (Lipinski definition) is 0. The Kier molecular flexibility index (Phi) is 11.0. The number of pyridine rings is 1. The van der Waals surface area contributed by atoms with Crippen molar-refractivity contribution in [3.8, 4) is 78.6 Å². The lowest BCUT2D eigenvalue weighted by atomic mass is 9.84. The molecule has 0 radical (unpaired) electrons. The van der Waals surface area contributed by atoms with Gasteiger partial charge in [0.1, 0.15) is 11.6 Å². The average Bonchev–Trinajstić information content (AvgIpc) is 3.68. The van der Waals surface area contributed by atoms with E-state index in [1.807, 2.05) is 6.20 Å². The number of rotatable bonds is 8. The topological polar surface area (TPSA) is 39.9 Å². The summed E-state index contributed by atoms with van der Waals surface area (Å²) in [6.07, 6.45) is 1.92. The van der Waals surface area contributed by atoms with Gasteiger partial charge in [-0.1, -0.05) is 156 Å². The summed E-state index contributed by atoms with van der Waals surface area (Å²) >= 11 is 0. The van der Waals surface area contributed by atoms with E-state index in [-0.39, 0.29) is 10.8 Å². The fourth-order valence-corrected chi connectivity index (χ4v) is 8.97. The maximum absolute atomic E-state index is 6.24. The van der Waals surface area contributed by atoms with Gasteiger partial charge in [-0.15, -0.1) is 0 Å². The Hall–Kier alpha value is -7.04. The second kappa shape index (κ2) is 16.6. The Morgan fingerprint density at radius 3 is 1.83 bits per heavy atom. The van der Waals surface area contributed by atoms with E-state index in [2.05, 4.69) is 225 Å². The molecule has 4 nitrogen and oxygen atoms in total. The molecule has 0 saturated carbocycles. The minimum absolute atomic E-state index is 0.0405. The second-order valence-electron chi connectivity index (χ2n) is 19.4. The van der Waals surface area contributed by atoms with E-state index in [4.69, 9.17) is 14.7 Å². The molecule has 64 heavy (non-hydrogen) atoms. The zero-order valence-corrected chi connectivity index (χ0v) is 38.8. The van der Waals surface area contributed by atoms with Gasteiger partial charge in [0.25, 0.3) is 0 Å². The Morgan fingerprint density at radius 2 is 1.12 bits per heavy atom. The van der Waals surface area contributed by atoms with Gasteiger partial charge < -0.3 is 4.74 Å². The summed E-state index contributed by atoms with van der Waals surface area (Å²) in [4.78, 5) is 10.7. The van der Waals surface area contributed by atoms with Gasteiger partial charge in [0.05, 0.1) is 35.1 Å². The number of hydrogen-bond acceptors (Lipinski definition) is 3. The third-order valence-corrected chi connectivity index (χ3v) is 12.5. The van der Waals surface area contributed by atoms with Gasteiger partial charge in [0.15, 0.2) is 0 Å². The molecule has 0 N–H and O–H groups in total. The molecule has 9 aromatic rings. The van der Waals surface area contributed by atoms with Crippen LogP contribution in [0.25, 0.3) is 83.9 Å². The van der Waals surface area contributed by atoms with E-state index < -0.39 is 0 Å². The fourth-order valence-electron chi connectivity index (χ4n) is 8.97. The largest absolute Gasteiger partial charge is 0.496 e. The highest BCUT2D eigenvalue weighted by atomic mass is 16.5. The Labute approximate surface area is 379 Å². The first kappa shape index (κ1) is 42.3. The summed E-state index contributed by atoms with van der Waals surface area (Å²) < 4.78 is 8.62. The summed E-state index contributed by atoms with van der Waals surface area (Å²) in [5.41, 5.74) is 20.8. The van der Waals surface area contributed by atoms with E-state index in [1.165, 1.54) is 22.3 Å². The summed E-state index contributed by atoms with van der Waals surface area (Å²) in [6.45, 7) is 20.0. The van der Waals surface area contributed by atoms with Crippen molar-refractivity contribution in [3.63, 3.8) is 0 Å². The van der Waals surface area contributed by atoms with Gasteiger partial charge in [-0.25, -0.2) is 4.98 Å². The van der Waals surface area contributed by atoms with Gasteiger partial charge in [-0.3, -0.25) is 9.55 Å². The summed E-state index contributed by atoms with van der Waals surface area (Å²) in [5, 5.41) is 0. The first-order valence-corrected chi connectivity index (χ1v) is 22.3. The molecule has 0 fully saturated rings. The lowest BCUT2D eigenvalue weighted by molar-refractivity contribution is 0.413. The number of imidazole rings is 1. The highest BCUT2D eigenvalue weighted by Crippen LogP contribution is 2.44. The third kappa shape index (κ3) is 8.17. The van der Waals surface area contributed by atoms with E-state index in [1.54, 1.807) is 7.11 Å². The molecular weight excluding hydrogens is 779 g/mol. The molecule has 2 heterocycles. The lowest BCUT2D eigenvalue weighted by Crippen LogP contribution is -2.13. The third-order valence-electron chi connectivity index (χ3n) is 12.5. The summed E-state index contributed by atoms with van der Waals surface area (Å²) in [6, 6.07) is 57.5. The van der Waals surface area contributed by atoms with Crippen LogP contribution in [0.5, 0.6) is 5.75 Å². The standard InChI is InChI=1S/C60H57N3O/c1-38-19-21-42(22-20-38)44-29-30-61-53(36-44)47-34-45(41-15-12-11-13-16-41)33-46(35-47)51-17-14-18-54-56(51)62-58(52-32-39(2)31-40(3)57(52)64-10)63(54)55-37-49(60(7,8)9)27-28-50(55)43-23-25-48(26-24-43)59(4,5)6/h11-37H,1-10H3. The fraction of sp³-hybridized carbons (Fsp3) is 0.200. The van der Waals surface area contributed by atoms with Gasteiger partial charge in [-0.2, -0.15) is 0 Å². The summed E-state index contributed by atoms with van der Waals surface area (Å²) in [5.74, 6) is 1.65. The molecular formula is C60H57N3O. The SMILES string of the molecule is COc1c(C)cc(C)cc1-c1nc2c(-c3cc(-c4ccccc4)cc(-c4cc(-c5ccc(C)cc5)ccn4)c3)cccc2n1-c1cc(C(C)(C)C)ccc1-c1ccc(C(C)(C)C)cc1. The number of methoxy groups -OCH3 is 1. The molecule has 0 aliphatic carbocycles. The molecule has 2 aromatic heterocycles. The highest BCUT2D eigenvalue weighted by molar-refractivity contribution is 5.98. The second-order valence-corrected chi connectivity index (χ2v) is 19.4. The van der Waals surface area contributed by atoms with E-state index >= 15 is 0 Å². The first-order chi connectivity index (χ1) is 30.7. The van der Waals surface area contributed by atoms with Crippen molar-refractivity contribution < 1.29 is 4.74 Å². The van der Waals surface area contributed by atoms with Crippen molar-refractivity contribution in [2.75, 3.05) is 7.11 Å². The molecule has 7 aromatic carbocycles. The van der Waals surface area contributed by atoms with E-state index in [0.717, 1.165) is 95.2 Å². The van der Waals surface area contributed by atoms with Crippen LogP contribution in [0.4, 0.5) is 0 Å². The molecule has 0 unspecified atom stereocenters. The number of aryl methyl sites for hydroxylation is 3. The Morgan fingerprint density at radius 1 is 0.469 bits per heavy atom. The van der Waals surface area contributed by atoms with Gasteiger partial charge >= 0.3 is 0 Å². The van der Waals surface area contributed by atoms with Crippen LogP contribution in [-0.4, -0.2) is 21.6 Å². The predicted molar refractivity (Wildman–Crippen MR) is 270 cm³/mol. The van der Waals surface area contributed by atoms with Crippen LogP contribution < -0.4 is 4.74 Å². The van der Waals surface area contributed by atoms with Crippen molar-refractivity contribution in [2.24, 2.45) is 0 Å². The molecule has 0 aliphatic rings. The van der Waals surface area contributed by atoms with Crippen LogP contribution in [0, 0.1) is 20.8 Å². The molecule has 0 spiro atoms. The zero-order chi connectivity index (χ0) is 44.9. The number of para-hydroxylation sites is 1. The monoisotopic (exact) mass is 835 g/mol. The van der Waals surface area contributed by atoms with E-state index in [0.29, 0.717) is 0 Å². The maximum atomic E-state index is 6.24. The summed E-state index contributed by atoms with van der Waals surface area (Å²) in [7, 11) is 1.76. The van der Waals surface area contributed by atoms with Crippen molar-refractivity contribution in [3.05, 3.63) is 192 Å². The quantitative estimate of drug-likeness (QED) is 0.153. The molecule has 9 rings (SSSR count). The molecule has 318 valence electrons. The van der Waals surface area contributed by atoms with Gasteiger partial charge in [0.2, 0.25) is 0 Å². The number of fused-ring (bicyclic) bond motifs is 1. The normalized spacial score (nSPS) is 11.9. The van der Waals surface area contributed by atoms with Crippen molar-refractivity contribution in [1.29, 1.82) is 0 Å². The molecule has 4 heteroatoms. The average molecular weight is 836 g/mol.